The van der Waals surface area contributed by atoms with Gasteiger partial charge in [0.1, 0.15) is 5.75 Å². The van der Waals surface area contributed by atoms with Gasteiger partial charge in [0.2, 0.25) is 0 Å². The maximum atomic E-state index is 12.9. The van der Waals surface area contributed by atoms with Crippen molar-refractivity contribution in [3.63, 3.8) is 0 Å². The third kappa shape index (κ3) is 3.21. The van der Waals surface area contributed by atoms with Gasteiger partial charge in [0, 0.05) is 12.1 Å². The van der Waals surface area contributed by atoms with Gasteiger partial charge in [-0.2, -0.15) is 0 Å². The first kappa shape index (κ1) is 18.7. The average Bonchev–Trinajstić information content (AvgIpc) is 2.92. The van der Waals surface area contributed by atoms with Gasteiger partial charge in [-0.3, -0.25) is 14.5 Å². The lowest BCUT2D eigenvalue weighted by molar-refractivity contribution is -0.118. The summed E-state index contributed by atoms with van der Waals surface area (Å²) in [4.78, 5) is 27.0. The Morgan fingerprint density at radius 1 is 1.19 bits per heavy atom. The second-order valence-electron chi connectivity index (χ2n) is 6.68. The second-order valence-corrected chi connectivity index (χ2v) is 6.68. The molecule has 0 aliphatic carbocycles. The van der Waals surface area contributed by atoms with Gasteiger partial charge < -0.3 is 9.84 Å². The van der Waals surface area contributed by atoms with Crippen molar-refractivity contribution in [3.05, 3.63) is 70.5 Å². The number of hydrogen-bond donors (Lipinski definition) is 1. The normalized spacial score (nSPS) is 16.8. The summed E-state index contributed by atoms with van der Waals surface area (Å²) in [6.07, 6.45) is 0.202. The lowest BCUT2D eigenvalue weighted by Gasteiger charge is -2.28. The van der Waals surface area contributed by atoms with Crippen LogP contribution in [-0.2, 0) is 9.59 Å². The molecule has 27 heavy (non-hydrogen) atoms. The standard InChI is InChI=1S/C22H23NO4/c1-5-18(24)19-20(15-7-6-8-16(12-15)27-4)23(22(26)21(19)25)17-10-9-13(2)11-14(17)3/h6-12,20,25H,5H2,1-4H3. The Kier molecular flexibility index (Phi) is 5.04. The molecule has 1 unspecified atom stereocenters. The van der Waals surface area contributed by atoms with Crippen molar-refractivity contribution in [2.75, 3.05) is 12.0 Å². The highest BCUT2D eigenvalue weighted by molar-refractivity contribution is 6.16. The quantitative estimate of drug-likeness (QED) is 0.863. The molecule has 1 heterocycles. The predicted octanol–water partition coefficient (Wildman–Crippen LogP) is 4.19. The van der Waals surface area contributed by atoms with Crippen LogP contribution in [0.25, 0.3) is 0 Å². The van der Waals surface area contributed by atoms with Crippen molar-refractivity contribution in [2.24, 2.45) is 0 Å². The first-order valence-electron chi connectivity index (χ1n) is 8.90. The average molecular weight is 365 g/mol. The summed E-state index contributed by atoms with van der Waals surface area (Å²) < 4.78 is 5.30. The minimum atomic E-state index is -0.693. The molecule has 1 amide bonds. The summed E-state index contributed by atoms with van der Waals surface area (Å²) in [6, 6.07) is 12.3. The van der Waals surface area contributed by atoms with Crippen LogP contribution >= 0.6 is 0 Å². The zero-order chi connectivity index (χ0) is 19.7. The molecule has 1 aliphatic rings. The number of aliphatic hydroxyl groups is 1. The van der Waals surface area contributed by atoms with Crippen LogP contribution in [-0.4, -0.2) is 23.9 Å². The molecule has 0 fully saturated rings. The number of Topliss-reactive ketones (excluding diaryl/α,β-unsaturated/α-hetero) is 1. The zero-order valence-corrected chi connectivity index (χ0v) is 15.9. The van der Waals surface area contributed by atoms with E-state index in [9.17, 15) is 14.7 Å². The molecule has 1 aliphatic heterocycles. The molecule has 1 N–H and O–H groups in total. The first-order valence-corrected chi connectivity index (χ1v) is 8.90. The van der Waals surface area contributed by atoms with Gasteiger partial charge >= 0.3 is 0 Å². The van der Waals surface area contributed by atoms with Crippen LogP contribution < -0.4 is 9.64 Å². The van der Waals surface area contributed by atoms with Gasteiger partial charge in [-0.25, -0.2) is 0 Å². The number of ketones is 1. The van der Waals surface area contributed by atoms with E-state index in [1.54, 1.807) is 26.2 Å². The molecule has 5 heteroatoms. The van der Waals surface area contributed by atoms with Gasteiger partial charge in [-0.05, 0) is 43.2 Å². The number of carbonyl (C=O) groups is 2. The van der Waals surface area contributed by atoms with Crippen LogP contribution in [0.5, 0.6) is 5.75 Å². The highest BCUT2D eigenvalue weighted by Crippen LogP contribution is 2.43. The van der Waals surface area contributed by atoms with Gasteiger partial charge in [0.25, 0.3) is 5.91 Å². The van der Waals surface area contributed by atoms with Crippen LogP contribution in [0, 0.1) is 13.8 Å². The molecule has 2 aromatic carbocycles. The number of benzene rings is 2. The molecule has 5 nitrogen and oxygen atoms in total. The van der Waals surface area contributed by atoms with E-state index in [4.69, 9.17) is 4.74 Å². The molecular formula is C22H23NO4. The molecule has 0 saturated carbocycles. The monoisotopic (exact) mass is 365 g/mol. The molecule has 0 aromatic heterocycles. The number of anilines is 1. The van der Waals surface area contributed by atoms with E-state index in [0.29, 0.717) is 17.0 Å². The van der Waals surface area contributed by atoms with Gasteiger partial charge in [-0.1, -0.05) is 36.8 Å². The van der Waals surface area contributed by atoms with E-state index < -0.39 is 17.7 Å². The second kappa shape index (κ2) is 7.27. The Labute approximate surface area is 158 Å². The van der Waals surface area contributed by atoms with Crippen LogP contribution in [0.2, 0.25) is 0 Å². The Hall–Kier alpha value is -3.08. The largest absolute Gasteiger partial charge is 0.503 e. The highest BCUT2D eigenvalue weighted by Gasteiger charge is 2.44. The van der Waals surface area contributed by atoms with Crippen LogP contribution in [0.3, 0.4) is 0 Å². The summed E-state index contributed by atoms with van der Waals surface area (Å²) in [5, 5.41) is 10.5. The fraction of sp³-hybridized carbons (Fsp3) is 0.273. The third-order valence-electron chi connectivity index (χ3n) is 4.85. The molecule has 0 bridgehead atoms. The number of carbonyl (C=O) groups excluding carboxylic acids is 2. The molecular weight excluding hydrogens is 342 g/mol. The van der Waals surface area contributed by atoms with Gasteiger partial charge in [0.05, 0.1) is 18.7 Å². The van der Waals surface area contributed by atoms with E-state index in [-0.39, 0.29) is 17.8 Å². The van der Waals surface area contributed by atoms with Crippen LogP contribution in [0.4, 0.5) is 5.69 Å². The summed E-state index contributed by atoms with van der Waals surface area (Å²) in [6.45, 7) is 5.61. The lowest BCUT2D eigenvalue weighted by atomic mass is 9.94. The first-order chi connectivity index (χ1) is 12.9. The lowest BCUT2D eigenvalue weighted by Crippen LogP contribution is -2.31. The fourth-order valence-corrected chi connectivity index (χ4v) is 3.53. The minimum absolute atomic E-state index is 0.135. The summed E-state index contributed by atoms with van der Waals surface area (Å²) >= 11 is 0. The maximum absolute atomic E-state index is 12.9. The van der Waals surface area contributed by atoms with Crippen LogP contribution in [0.1, 0.15) is 36.1 Å². The number of aliphatic hydroxyl groups excluding tert-OH is 1. The Morgan fingerprint density at radius 2 is 1.93 bits per heavy atom. The smallest absolute Gasteiger partial charge is 0.294 e. The molecule has 3 rings (SSSR count). The minimum Gasteiger partial charge on any atom is -0.503 e. The van der Waals surface area contributed by atoms with Gasteiger partial charge in [-0.15, -0.1) is 0 Å². The van der Waals surface area contributed by atoms with E-state index >= 15 is 0 Å². The third-order valence-corrected chi connectivity index (χ3v) is 4.85. The molecule has 0 saturated heterocycles. The number of amides is 1. The SMILES string of the molecule is CCC(=O)C1=C(O)C(=O)N(c2ccc(C)cc2C)C1c1cccc(OC)c1. The van der Waals surface area contributed by atoms with Crippen LogP contribution in [0.15, 0.2) is 53.8 Å². The summed E-state index contributed by atoms with van der Waals surface area (Å²) in [5.41, 5.74) is 3.49. The Balaban J connectivity index is 2.22. The van der Waals surface area contributed by atoms with E-state index in [2.05, 4.69) is 0 Å². The Bertz CT molecular complexity index is 945. The Morgan fingerprint density at radius 3 is 2.56 bits per heavy atom. The zero-order valence-electron chi connectivity index (χ0n) is 15.9. The van der Waals surface area contributed by atoms with E-state index in [1.165, 1.54) is 4.90 Å². The number of hydrogen-bond acceptors (Lipinski definition) is 4. The summed E-state index contributed by atoms with van der Waals surface area (Å²) in [5.74, 6) is -0.669. The molecule has 2 aromatic rings. The van der Waals surface area contributed by atoms with Gasteiger partial charge in [0.15, 0.2) is 11.5 Å². The molecule has 0 radical (unpaired) electrons. The number of ether oxygens (including phenoxy) is 1. The summed E-state index contributed by atoms with van der Waals surface area (Å²) in [7, 11) is 1.56. The topological polar surface area (TPSA) is 66.8 Å². The van der Waals surface area contributed by atoms with Crippen molar-refractivity contribution < 1.29 is 19.4 Å². The number of aryl methyl sites for hydroxylation is 2. The van der Waals surface area contributed by atoms with Crippen molar-refractivity contribution in [1.82, 2.24) is 0 Å². The highest BCUT2D eigenvalue weighted by atomic mass is 16.5. The van der Waals surface area contributed by atoms with Crippen molar-refractivity contribution >= 4 is 17.4 Å². The van der Waals surface area contributed by atoms with Crippen molar-refractivity contribution in [2.45, 2.75) is 33.2 Å². The van der Waals surface area contributed by atoms with E-state index in [1.807, 2.05) is 44.2 Å². The van der Waals surface area contributed by atoms with E-state index in [0.717, 1.165) is 11.1 Å². The molecule has 140 valence electrons. The molecule has 0 spiro atoms. The number of rotatable bonds is 5. The fourth-order valence-electron chi connectivity index (χ4n) is 3.53. The van der Waals surface area contributed by atoms with Crippen molar-refractivity contribution in [3.8, 4) is 5.75 Å². The maximum Gasteiger partial charge on any atom is 0.294 e. The number of nitrogens with zero attached hydrogens (tertiary/aromatic N) is 1. The molecule has 1 atom stereocenters. The predicted molar refractivity (Wildman–Crippen MR) is 104 cm³/mol. The van der Waals surface area contributed by atoms with Crippen molar-refractivity contribution in [1.29, 1.82) is 0 Å². The number of methoxy groups -OCH3 is 1.